The van der Waals surface area contributed by atoms with Crippen molar-refractivity contribution in [3.05, 3.63) is 15.6 Å². The van der Waals surface area contributed by atoms with E-state index in [1.807, 2.05) is 0 Å². The normalized spacial score (nSPS) is 25.9. The fraction of sp³-hybridized carbons (Fsp3) is 0.750. The smallest absolute Gasteiger partial charge is 0.0900 e. The number of nitrogens with zero attached hydrogens (tertiary/aromatic N) is 1. The molecule has 2 heterocycles. The largest absolute Gasteiger partial charge is 0.378 e. The highest BCUT2D eigenvalue weighted by atomic mass is 32.1. The summed E-state index contributed by atoms with van der Waals surface area (Å²) < 4.78 is 5.54. The number of ether oxygens (including phenoxy) is 1. The second kappa shape index (κ2) is 5.25. The number of thiazole rings is 1. The molecule has 0 aromatic carbocycles. The van der Waals surface area contributed by atoms with E-state index in [9.17, 15) is 0 Å². The Morgan fingerprint density at radius 3 is 2.94 bits per heavy atom. The van der Waals surface area contributed by atoms with Gasteiger partial charge in [0.05, 0.1) is 16.8 Å². The molecule has 1 fully saturated rings. The van der Waals surface area contributed by atoms with Crippen LogP contribution in [0.25, 0.3) is 0 Å². The monoisotopic (exact) mass is 240 g/mol. The minimum absolute atomic E-state index is 0.399. The van der Waals surface area contributed by atoms with E-state index in [4.69, 9.17) is 4.74 Å². The van der Waals surface area contributed by atoms with Crippen LogP contribution in [0.15, 0.2) is 0 Å². The summed E-state index contributed by atoms with van der Waals surface area (Å²) >= 11 is 1.80. The van der Waals surface area contributed by atoms with E-state index < -0.39 is 0 Å². The van der Waals surface area contributed by atoms with E-state index in [1.165, 1.54) is 10.6 Å². The Balaban J connectivity index is 1.85. The van der Waals surface area contributed by atoms with Gasteiger partial charge in [0.2, 0.25) is 0 Å². The van der Waals surface area contributed by atoms with Gasteiger partial charge in [0.25, 0.3) is 0 Å². The van der Waals surface area contributed by atoms with Gasteiger partial charge < -0.3 is 10.1 Å². The molecule has 0 saturated carbocycles. The summed E-state index contributed by atoms with van der Waals surface area (Å²) in [6.45, 7) is 8.15. The quantitative estimate of drug-likeness (QED) is 0.881. The highest BCUT2D eigenvalue weighted by molar-refractivity contribution is 7.11. The molecule has 1 aliphatic rings. The van der Waals surface area contributed by atoms with Gasteiger partial charge in [-0.05, 0) is 33.6 Å². The maximum Gasteiger partial charge on any atom is 0.0900 e. The minimum atomic E-state index is 0.399. The van der Waals surface area contributed by atoms with E-state index in [0.717, 1.165) is 31.0 Å². The third-order valence-corrected chi connectivity index (χ3v) is 4.11. The molecule has 1 aromatic rings. The van der Waals surface area contributed by atoms with E-state index in [1.54, 1.807) is 11.3 Å². The second-order valence-electron chi connectivity index (χ2n) is 4.53. The van der Waals surface area contributed by atoms with Crippen molar-refractivity contribution in [2.45, 2.75) is 52.3 Å². The van der Waals surface area contributed by atoms with Crippen LogP contribution in [0.3, 0.4) is 0 Å². The van der Waals surface area contributed by atoms with Gasteiger partial charge in [0.15, 0.2) is 0 Å². The first-order valence-electron chi connectivity index (χ1n) is 5.93. The van der Waals surface area contributed by atoms with Crippen molar-refractivity contribution in [3.8, 4) is 0 Å². The summed E-state index contributed by atoms with van der Waals surface area (Å²) in [5.41, 5.74) is 1.18. The number of hydrogen-bond donors (Lipinski definition) is 1. The topological polar surface area (TPSA) is 34.2 Å². The Labute approximate surface area is 101 Å². The Kier molecular flexibility index (Phi) is 3.95. The number of rotatable bonds is 3. The number of aryl methyl sites for hydroxylation is 2. The molecule has 1 saturated heterocycles. The maximum absolute atomic E-state index is 5.54. The molecule has 1 aliphatic heterocycles. The van der Waals surface area contributed by atoms with Gasteiger partial charge in [-0.2, -0.15) is 0 Å². The van der Waals surface area contributed by atoms with Crippen LogP contribution in [0, 0.1) is 13.8 Å². The van der Waals surface area contributed by atoms with E-state index in [-0.39, 0.29) is 0 Å². The predicted octanol–water partition coefficient (Wildman–Crippen LogP) is 2.42. The molecule has 1 aromatic heterocycles. The zero-order chi connectivity index (χ0) is 11.5. The third-order valence-electron chi connectivity index (χ3n) is 3.04. The molecule has 4 heteroatoms. The molecule has 0 bridgehead atoms. The highest BCUT2D eigenvalue weighted by Crippen LogP contribution is 2.18. The molecule has 0 radical (unpaired) electrons. The molecule has 3 nitrogen and oxygen atoms in total. The van der Waals surface area contributed by atoms with Crippen LogP contribution in [0.2, 0.25) is 0 Å². The zero-order valence-electron chi connectivity index (χ0n) is 10.2. The van der Waals surface area contributed by atoms with Crippen LogP contribution < -0.4 is 5.32 Å². The second-order valence-corrected chi connectivity index (χ2v) is 5.81. The molecule has 2 atom stereocenters. The SMILES string of the molecule is Cc1nc(C)c(CNC2CCOC(C)C2)s1. The molecular formula is C12H20N2OS. The van der Waals surface area contributed by atoms with Gasteiger partial charge in [0, 0.05) is 24.1 Å². The highest BCUT2D eigenvalue weighted by Gasteiger charge is 2.19. The van der Waals surface area contributed by atoms with Gasteiger partial charge in [-0.3, -0.25) is 0 Å². The molecule has 16 heavy (non-hydrogen) atoms. The van der Waals surface area contributed by atoms with Gasteiger partial charge in [-0.1, -0.05) is 0 Å². The van der Waals surface area contributed by atoms with Crippen molar-refractivity contribution in [1.29, 1.82) is 0 Å². The average molecular weight is 240 g/mol. The lowest BCUT2D eigenvalue weighted by Gasteiger charge is -2.27. The first-order chi connectivity index (χ1) is 7.65. The van der Waals surface area contributed by atoms with Crippen LogP contribution in [-0.2, 0) is 11.3 Å². The lowest BCUT2D eigenvalue weighted by Crippen LogP contribution is -2.37. The van der Waals surface area contributed by atoms with Gasteiger partial charge in [-0.15, -0.1) is 11.3 Å². The van der Waals surface area contributed by atoms with Crippen molar-refractivity contribution in [2.24, 2.45) is 0 Å². The summed E-state index contributed by atoms with van der Waals surface area (Å²) in [5.74, 6) is 0. The van der Waals surface area contributed by atoms with E-state index >= 15 is 0 Å². The van der Waals surface area contributed by atoms with Crippen LogP contribution in [0.4, 0.5) is 0 Å². The van der Waals surface area contributed by atoms with Gasteiger partial charge in [0.1, 0.15) is 0 Å². The zero-order valence-corrected chi connectivity index (χ0v) is 11.1. The van der Waals surface area contributed by atoms with E-state index in [2.05, 4.69) is 31.1 Å². The van der Waals surface area contributed by atoms with Gasteiger partial charge >= 0.3 is 0 Å². The van der Waals surface area contributed by atoms with Crippen LogP contribution >= 0.6 is 11.3 Å². The molecule has 0 spiro atoms. The first-order valence-corrected chi connectivity index (χ1v) is 6.74. The van der Waals surface area contributed by atoms with Crippen molar-refractivity contribution in [1.82, 2.24) is 10.3 Å². The van der Waals surface area contributed by atoms with Crippen molar-refractivity contribution < 1.29 is 4.74 Å². The summed E-state index contributed by atoms with van der Waals surface area (Å²) in [5, 5.41) is 4.77. The standard InChI is InChI=1S/C12H20N2OS/c1-8-6-11(4-5-15-8)13-7-12-9(2)14-10(3)16-12/h8,11,13H,4-7H2,1-3H3. The van der Waals surface area contributed by atoms with Crippen LogP contribution in [0.1, 0.15) is 35.3 Å². The molecule has 2 rings (SSSR count). The Morgan fingerprint density at radius 1 is 1.50 bits per heavy atom. The maximum atomic E-state index is 5.54. The minimum Gasteiger partial charge on any atom is -0.378 e. The van der Waals surface area contributed by atoms with Gasteiger partial charge in [-0.25, -0.2) is 4.98 Å². The Bertz CT molecular complexity index is 351. The molecule has 2 unspecified atom stereocenters. The Morgan fingerprint density at radius 2 is 2.31 bits per heavy atom. The molecule has 1 N–H and O–H groups in total. The van der Waals surface area contributed by atoms with E-state index in [0.29, 0.717) is 12.1 Å². The fourth-order valence-corrected chi connectivity index (χ4v) is 3.05. The molecule has 90 valence electrons. The number of hydrogen-bond acceptors (Lipinski definition) is 4. The molecule has 0 amide bonds. The van der Waals surface area contributed by atoms with Crippen molar-refractivity contribution >= 4 is 11.3 Å². The number of aromatic nitrogens is 1. The summed E-state index contributed by atoms with van der Waals surface area (Å²) in [7, 11) is 0. The Hall–Kier alpha value is -0.450. The fourth-order valence-electron chi connectivity index (χ4n) is 2.16. The van der Waals surface area contributed by atoms with Crippen molar-refractivity contribution in [3.63, 3.8) is 0 Å². The van der Waals surface area contributed by atoms with Crippen LogP contribution in [0.5, 0.6) is 0 Å². The lowest BCUT2D eigenvalue weighted by atomic mass is 10.0. The molecular weight excluding hydrogens is 220 g/mol. The predicted molar refractivity (Wildman–Crippen MR) is 66.9 cm³/mol. The van der Waals surface area contributed by atoms with Crippen molar-refractivity contribution in [2.75, 3.05) is 6.61 Å². The number of nitrogens with one attached hydrogen (secondary N) is 1. The summed E-state index contributed by atoms with van der Waals surface area (Å²) in [4.78, 5) is 5.82. The average Bonchev–Trinajstić information content (AvgIpc) is 2.54. The van der Waals surface area contributed by atoms with Crippen LogP contribution in [-0.4, -0.2) is 23.7 Å². The lowest BCUT2D eigenvalue weighted by molar-refractivity contribution is 0.0131. The summed E-state index contributed by atoms with van der Waals surface area (Å²) in [6.07, 6.45) is 2.65. The molecule has 0 aliphatic carbocycles. The third kappa shape index (κ3) is 3.03. The first kappa shape index (κ1) is 12.0. The summed E-state index contributed by atoms with van der Waals surface area (Å²) in [6, 6.07) is 0.602.